The third kappa shape index (κ3) is 3.27. The quantitative estimate of drug-likeness (QED) is 0.906. The van der Waals surface area contributed by atoms with E-state index in [2.05, 4.69) is 31.9 Å². The number of anilines is 1. The Kier molecular flexibility index (Phi) is 5.30. The number of rotatable bonds is 5. The van der Waals surface area contributed by atoms with E-state index in [0.717, 1.165) is 36.6 Å². The van der Waals surface area contributed by atoms with Gasteiger partial charge in [0.1, 0.15) is 0 Å². The Morgan fingerprint density at radius 1 is 1.50 bits per heavy atom. The summed E-state index contributed by atoms with van der Waals surface area (Å²) in [5, 5.41) is 0.799. The number of hydrogen-bond acceptors (Lipinski definition) is 3. The lowest BCUT2D eigenvalue weighted by Crippen LogP contribution is -2.38. The van der Waals surface area contributed by atoms with Gasteiger partial charge in [-0.2, -0.15) is 0 Å². The highest BCUT2D eigenvalue weighted by Crippen LogP contribution is 2.34. The molecule has 3 unspecified atom stereocenters. The summed E-state index contributed by atoms with van der Waals surface area (Å²) in [6.07, 6.45) is 3.11. The Morgan fingerprint density at radius 2 is 2.25 bits per heavy atom. The Morgan fingerprint density at radius 3 is 2.85 bits per heavy atom. The molecule has 1 heterocycles. The summed E-state index contributed by atoms with van der Waals surface area (Å²) in [4.78, 5) is 2.28. The second kappa shape index (κ2) is 6.79. The largest absolute Gasteiger partial charge is 0.376 e. The lowest BCUT2D eigenvalue weighted by molar-refractivity contribution is 0.118. The maximum Gasteiger partial charge on any atom is 0.0750 e. The van der Waals surface area contributed by atoms with Crippen LogP contribution in [0.15, 0.2) is 18.2 Å². The highest BCUT2D eigenvalue weighted by molar-refractivity contribution is 6.33. The van der Waals surface area contributed by atoms with E-state index in [9.17, 15) is 0 Å². The van der Waals surface area contributed by atoms with E-state index in [1.807, 2.05) is 12.1 Å². The maximum atomic E-state index is 6.45. The highest BCUT2D eigenvalue weighted by atomic mass is 35.5. The fraction of sp³-hybridized carbons (Fsp3) is 0.625. The Hall–Kier alpha value is -0.770. The highest BCUT2D eigenvalue weighted by Gasteiger charge is 2.30. The second-order valence-electron chi connectivity index (χ2n) is 5.66. The lowest BCUT2D eigenvalue weighted by atomic mass is 10.0. The van der Waals surface area contributed by atoms with Crippen LogP contribution in [0.5, 0.6) is 0 Å². The molecule has 4 heteroatoms. The molecule has 0 bridgehead atoms. The molecule has 2 N–H and O–H groups in total. The predicted molar refractivity (Wildman–Crippen MR) is 85.6 cm³/mol. The van der Waals surface area contributed by atoms with Crippen LogP contribution in [0.4, 0.5) is 5.69 Å². The molecule has 1 aliphatic heterocycles. The third-order valence-corrected chi connectivity index (χ3v) is 4.57. The Labute approximate surface area is 127 Å². The Bertz CT molecular complexity index is 452. The number of para-hydroxylation sites is 1. The van der Waals surface area contributed by atoms with Gasteiger partial charge in [0, 0.05) is 19.7 Å². The number of halogens is 1. The maximum absolute atomic E-state index is 6.45. The molecule has 1 aromatic carbocycles. The summed E-state index contributed by atoms with van der Waals surface area (Å²) in [5.74, 6) is 0. The predicted octanol–water partition coefficient (Wildman–Crippen LogP) is 3.23. The zero-order valence-corrected chi connectivity index (χ0v) is 13.4. The van der Waals surface area contributed by atoms with Gasteiger partial charge in [-0.05, 0) is 37.8 Å². The van der Waals surface area contributed by atoms with Crippen LogP contribution in [0.2, 0.25) is 5.02 Å². The van der Waals surface area contributed by atoms with Crippen molar-refractivity contribution in [2.45, 2.75) is 51.3 Å². The molecule has 0 saturated carbocycles. The molecule has 0 aliphatic carbocycles. The minimum Gasteiger partial charge on any atom is -0.376 e. The minimum absolute atomic E-state index is 0.179. The van der Waals surface area contributed by atoms with Crippen molar-refractivity contribution in [3.8, 4) is 0 Å². The molecule has 2 rings (SSSR count). The number of benzene rings is 1. The van der Waals surface area contributed by atoms with Crippen molar-refractivity contribution in [1.29, 1.82) is 0 Å². The van der Waals surface area contributed by atoms with Gasteiger partial charge in [0.15, 0.2) is 0 Å². The molecule has 0 spiro atoms. The van der Waals surface area contributed by atoms with Crippen molar-refractivity contribution < 1.29 is 4.74 Å². The number of likely N-dealkylation sites (N-methyl/N-ethyl adjacent to an activating group) is 1. The summed E-state index contributed by atoms with van der Waals surface area (Å²) >= 11 is 6.45. The normalized spacial score (nSPS) is 23.9. The van der Waals surface area contributed by atoms with E-state index in [4.69, 9.17) is 22.1 Å². The fourth-order valence-corrected chi connectivity index (χ4v) is 3.27. The van der Waals surface area contributed by atoms with Crippen LogP contribution >= 0.6 is 11.6 Å². The van der Waals surface area contributed by atoms with Gasteiger partial charge >= 0.3 is 0 Å². The fourth-order valence-electron chi connectivity index (χ4n) is 2.94. The van der Waals surface area contributed by atoms with Crippen LogP contribution in [-0.4, -0.2) is 31.8 Å². The van der Waals surface area contributed by atoms with Gasteiger partial charge in [-0.3, -0.25) is 0 Å². The minimum atomic E-state index is 0.179. The topological polar surface area (TPSA) is 38.5 Å². The smallest absolute Gasteiger partial charge is 0.0750 e. The molecule has 1 aromatic rings. The molecule has 20 heavy (non-hydrogen) atoms. The van der Waals surface area contributed by atoms with Gasteiger partial charge in [0.2, 0.25) is 0 Å². The number of nitrogens with zero attached hydrogens (tertiary/aromatic N) is 1. The number of hydrogen-bond donors (Lipinski definition) is 1. The summed E-state index contributed by atoms with van der Waals surface area (Å²) in [5.41, 5.74) is 8.46. The number of nitrogens with two attached hydrogens (primary N) is 1. The molecular weight excluding hydrogens is 272 g/mol. The van der Waals surface area contributed by atoms with E-state index in [0.29, 0.717) is 6.04 Å². The first-order valence-corrected chi connectivity index (χ1v) is 7.79. The second-order valence-corrected chi connectivity index (χ2v) is 6.07. The molecule has 112 valence electrons. The van der Waals surface area contributed by atoms with Gasteiger partial charge in [0.25, 0.3) is 0 Å². The van der Waals surface area contributed by atoms with Gasteiger partial charge in [-0.15, -0.1) is 0 Å². The standard InChI is InChI=1S/C16H25ClN2O/c1-4-13(18)10-12-6-5-7-14(17)16(12)19(3)15-8-9-20-11(15)2/h5-7,11,13,15H,4,8-10,18H2,1-3H3. The zero-order valence-electron chi connectivity index (χ0n) is 12.6. The van der Waals surface area contributed by atoms with Gasteiger partial charge in [-0.25, -0.2) is 0 Å². The van der Waals surface area contributed by atoms with Crippen LogP contribution < -0.4 is 10.6 Å². The van der Waals surface area contributed by atoms with E-state index >= 15 is 0 Å². The van der Waals surface area contributed by atoms with E-state index < -0.39 is 0 Å². The average Bonchev–Trinajstić information content (AvgIpc) is 2.84. The first-order chi connectivity index (χ1) is 9.54. The molecule has 0 amide bonds. The van der Waals surface area contributed by atoms with Crippen LogP contribution in [0.25, 0.3) is 0 Å². The summed E-state index contributed by atoms with van der Waals surface area (Å²) in [6, 6.07) is 6.65. The van der Waals surface area contributed by atoms with Crippen LogP contribution in [0.3, 0.4) is 0 Å². The lowest BCUT2D eigenvalue weighted by Gasteiger charge is -2.32. The van der Waals surface area contributed by atoms with Gasteiger partial charge in [0.05, 0.1) is 22.9 Å². The molecule has 1 aliphatic rings. The number of ether oxygens (including phenoxy) is 1. The SMILES string of the molecule is CCC(N)Cc1cccc(Cl)c1N(C)C1CCOC1C. The molecule has 3 nitrogen and oxygen atoms in total. The van der Waals surface area contributed by atoms with Gasteiger partial charge in [-0.1, -0.05) is 30.7 Å². The van der Waals surface area contributed by atoms with E-state index in [-0.39, 0.29) is 12.1 Å². The molecule has 3 atom stereocenters. The van der Waals surface area contributed by atoms with Crippen LogP contribution in [0.1, 0.15) is 32.3 Å². The molecular formula is C16H25ClN2O. The molecule has 1 fully saturated rings. The first-order valence-electron chi connectivity index (χ1n) is 7.42. The summed E-state index contributed by atoms with van der Waals surface area (Å²) in [6.45, 7) is 5.07. The Balaban J connectivity index is 2.29. The van der Waals surface area contributed by atoms with Crippen molar-refractivity contribution in [1.82, 2.24) is 0 Å². The van der Waals surface area contributed by atoms with Crippen molar-refractivity contribution in [3.05, 3.63) is 28.8 Å². The average molecular weight is 297 g/mol. The zero-order chi connectivity index (χ0) is 14.7. The molecule has 0 radical (unpaired) electrons. The summed E-state index contributed by atoms with van der Waals surface area (Å²) < 4.78 is 5.68. The monoisotopic (exact) mass is 296 g/mol. The molecule has 0 aromatic heterocycles. The van der Waals surface area contributed by atoms with Crippen LogP contribution in [0, 0.1) is 0 Å². The van der Waals surface area contributed by atoms with E-state index in [1.165, 1.54) is 5.56 Å². The van der Waals surface area contributed by atoms with Crippen molar-refractivity contribution in [3.63, 3.8) is 0 Å². The first kappa shape index (κ1) is 15.6. The third-order valence-electron chi connectivity index (χ3n) is 4.26. The van der Waals surface area contributed by atoms with E-state index in [1.54, 1.807) is 0 Å². The van der Waals surface area contributed by atoms with Crippen molar-refractivity contribution in [2.24, 2.45) is 5.73 Å². The van der Waals surface area contributed by atoms with Crippen molar-refractivity contribution >= 4 is 17.3 Å². The van der Waals surface area contributed by atoms with Crippen LogP contribution in [-0.2, 0) is 11.2 Å². The van der Waals surface area contributed by atoms with Gasteiger partial charge < -0.3 is 15.4 Å². The molecule has 1 saturated heterocycles. The summed E-state index contributed by atoms with van der Waals surface area (Å²) in [7, 11) is 2.11. The van der Waals surface area contributed by atoms with Crippen molar-refractivity contribution in [2.75, 3.05) is 18.6 Å².